The molecule has 1 aromatic carbocycles. The van der Waals surface area contributed by atoms with Gasteiger partial charge in [-0.05, 0) is 37.4 Å². The van der Waals surface area contributed by atoms with E-state index in [1.807, 2.05) is 12.3 Å². The van der Waals surface area contributed by atoms with Gasteiger partial charge in [-0.1, -0.05) is 51.0 Å². The summed E-state index contributed by atoms with van der Waals surface area (Å²) in [6.45, 7) is 4.55. The van der Waals surface area contributed by atoms with Gasteiger partial charge < -0.3 is 5.32 Å². The summed E-state index contributed by atoms with van der Waals surface area (Å²) in [5, 5.41) is 4.77. The van der Waals surface area contributed by atoms with E-state index in [9.17, 15) is 0 Å². The first-order valence-corrected chi connectivity index (χ1v) is 7.82. The second kappa shape index (κ2) is 7.39. The Morgan fingerprint density at radius 1 is 1.05 bits per heavy atom. The van der Waals surface area contributed by atoms with Crippen LogP contribution in [-0.4, -0.2) is 12.0 Å². The Balaban J connectivity index is 2.42. The van der Waals surface area contributed by atoms with E-state index >= 15 is 0 Å². The highest BCUT2D eigenvalue weighted by Gasteiger charge is 2.22. The first-order chi connectivity index (χ1) is 9.81. The maximum Gasteiger partial charge on any atom is 0.0749 e. The number of nitrogens with one attached hydrogen (secondary N) is 1. The predicted molar refractivity (Wildman–Crippen MR) is 86.8 cm³/mol. The molecule has 1 unspecified atom stereocenters. The smallest absolute Gasteiger partial charge is 0.0749 e. The maximum absolute atomic E-state index is 4.61. The molecule has 0 fully saturated rings. The summed E-state index contributed by atoms with van der Waals surface area (Å²) in [6.07, 6.45) is 6.90. The molecule has 0 aliphatic carbocycles. The lowest BCUT2D eigenvalue weighted by Gasteiger charge is -2.27. The summed E-state index contributed by atoms with van der Waals surface area (Å²) in [4.78, 5) is 4.61. The molecule has 2 aromatic rings. The van der Waals surface area contributed by atoms with Crippen molar-refractivity contribution in [3.8, 4) is 0 Å². The van der Waals surface area contributed by atoms with Crippen LogP contribution in [0.1, 0.15) is 51.1 Å². The van der Waals surface area contributed by atoms with Gasteiger partial charge in [0.05, 0.1) is 5.52 Å². The number of benzene rings is 1. The van der Waals surface area contributed by atoms with Crippen molar-refractivity contribution < 1.29 is 0 Å². The van der Waals surface area contributed by atoms with Gasteiger partial charge in [-0.15, -0.1) is 0 Å². The fourth-order valence-corrected chi connectivity index (χ4v) is 3.24. The Labute approximate surface area is 122 Å². The highest BCUT2D eigenvalue weighted by molar-refractivity contribution is 5.82. The molecule has 20 heavy (non-hydrogen) atoms. The molecule has 1 N–H and O–H groups in total. The van der Waals surface area contributed by atoms with Crippen molar-refractivity contribution in [3.05, 3.63) is 42.1 Å². The first-order valence-electron chi connectivity index (χ1n) is 7.82. The lowest BCUT2D eigenvalue weighted by molar-refractivity contribution is 0.332. The molecule has 0 saturated carbocycles. The average Bonchev–Trinajstić information content (AvgIpc) is 2.49. The van der Waals surface area contributed by atoms with Crippen LogP contribution in [0.25, 0.3) is 10.9 Å². The molecule has 0 amide bonds. The van der Waals surface area contributed by atoms with Crippen molar-refractivity contribution in [2.75, 3.05) is 7.05 Å². The van der Waals surface area contributed by atoms with Crippen molar-refractivity contribution in [1.29, 1.82) is 0 Å². The first kappa shape index (κ1) is 15.0. The third kappa shape index (κ3) is 3.18. The molecule has 0 bridgehead atoms. The molecule has 2 heteroatoms. The fourth-order valence-electron chi connectivity index (χ4n) is 3.24. The van der Waals surface area contributed by atoms with Gasteiger partial charge in [0.2, 0.25) is 0 Å². The Bertz CT molecular complexity index is 524. The number of pyridine rings is 1. The third-order valence-corrected chi connectivity index (χ3v) is 4.10. The molecular weight excluding hydrogens is 244 g/mol. The van der Waals surface area contributed by atoms with E-state index in [1.54, 1.807) is 0 Å². The Hall–Kier alpha value is -1.41. The molecule has 108 valence electrons. The van der Waals surface area contributed by atoms with Gasteiger partial charge in [0.15, 0.2) is 0 Å². The van der Waals surface area contributed by atoms with Gasteiger partial charge in [-0.2, -0.15) is 0 Å². The minimum Gasteiger partial charge on any atom is -0.313 e. The number of hydrogen-bond donors (Lipinski definition) is 1. The molecule has 0 aliphatic rings. The zero-order valence-corrected chi connectivity index (χ0v) is 12.9. The lowest BCUT2D eigenvalue weighted by Crippen LogP contribution is -2.25. The number of para-hydroxylation sites is 1. The van der Waals surface area contributed by atoms with Gasteiger partial charge in [0.1, 0.15) is 0 Å². The van der Waals surface area contributed by atoms with Crippen LogP contribution in [0.5, 0.6) is 0 Å². The lowest BCUT2D eigenvalue weighted by atomic mass is 9.85. The zero-order valence-electron chi connectivity index (χ0n) is 12.9. The van der Waals surface area contributed by atoms with Crippen LogP contribution in [0, 0.1) is 5.92 Å². The van der Waals surface area contributed by atoms with E-state index in [1.165, 1.54) is 36.6 Å². The van der Waals surface area contributed by atoms with Crippen LogP contribution >= 0.6 is 0 Å². The van der Waals surface area contributed by atoms with Crippen molar-refractivity contribution in [2.45, 2.75) is 45.6 Å². The molecule has 0 spiro atoms. The normalized spacial score (nSPS) is 13.0. The van der Waals surface area contributed by atoms with Crippen molar-refractivity contribution in [3.63, 3.8) is 0 Å². The summed E-state index contributed by atoms with van der Waals surface area (Å²) in [6, 6.07) is 11.1. The summed E-state index contributed by atoms with van der Waals surface area (Å²) < 4.78 is 0. The van der Waals surface area contributed by atoms with E-state index in [0.29, 0.717) is 12.0 Å². The van der Waals surface area contributed by atoms with Crippen molar-refractivity contribution in [2.24, 2.45) is 5.92 Å². The average molecular weight is 270 g/mol. The number of nitrogens with zero attached hydrogens (tertiary/aromatic N) is 1. The SMILES string of the molecule is CCCC(CCC)C(NC)c1cccc2cccnc12. The van der Waals surface area contributed by atoms with Crippen LogP contribution in [-0.2, 0) is 0 Å². The van der Waals surface area contributed by atoms with E-state index in [0.717, 1.165) is 5.52 Å². The van der Waals surface area contributed by atoms with E-state index in [2.05, 4.69) is 55.5 Å². The Kier molecular flexibility index (Phi) is 5.54. The van der Waals surface area contributed by atoms with Gasteiger partial charge >= 0.3 is 0 Å². The standard InChI is InChI=1S/C18H26N2/c1-4-8-14(9-5-2)17(19-3)16-12-6-10-15-11-7-13-20-18(15)16/h6-7,10-14,17,19H,4-5,8-9H2,1-3H3. The molecule has 0 radical (unpaired) electrons. The topological polar surface area (TPSA) is 24.9 Å². The third-order valence-electron chi connectivity index (χ3n) is 4.10. The zero-order chi connectivity index (χ0) is 14.4. The maximum atomic E-state index is 4.61. The van der Waals surface area contributed by atoms with Crippen LogP contribution in [0.4, 0.5) is 0 Å². The Morgan fingerprint density at radius 3 is 2.40 bits per heavy atom. The molecule has 0 saturated heterocycles. The second-order valence-electron chi connectivity index (χ2n) is 5.53. The minimum absolute atomic E-state index is 0.397. The molecule has 1 aromatic heterocycles. The monoisotopic (exact) mass is 270 g/mol. The summed E-state index contributed by atoms with van der Waals surface area (Å²) >= 11 is 0. The summed E-state index contributed by atoms with van der Waals surface area (Å²) in [7, 11) is 2.07. The largest absolute Gasteiger partial charge is 0.313 e. The highest BCUT2D eigenvalue weighted by atomic mass is 14.9. The molecule has 1 heterocycles. The van der Waals surface area contributed by atoms with Crippen LogP contribution < -0.4 is 5.32 Å². The van der Waals surface area contributed by atoms with Crippen LogP contribution in [0.15, 0.2) is 36.5 Å². The fraction of sp³-hybridized carbons (Fsp3) is 0.500. The van der Waals surface area contributed by atoms with E-state index in [4.69, 9.17) is 0 Å². The molecule has 2 nitrogen and oxygen atoms in total. The van der Waals surface area contributed by atoms with E-state index in [-0.39, 0.29) is 0 Å². The Morgan fingerprint density at radius 2 is 1.75 bits per heavy atom. The van der Waals surface area contributed by atoms with Crippen molar-refractivity contribution >= 4 is 10.9 Å². The summed E-state index contributed by atoms with van der Waals surface area (Å²) in [5.74, 6) is 0.683. The number of aromatic nitrogens is 1. The van der Waals surface area contributed by atoms with Gasteiger partial charge in [0, 0.05) is 17.6 Å². The van der Waals surface area contributed by atoms with Crippen LogP contribution in [0.3, 0.4) is 0 Å². The predicted octanol–water partition coefficient (Wildman–Crippen LogP) is 4.71. The van der Waals surface area contributed by atoms with Crippen molar-refractivity contribution in [1.82, 2.24) is 10.3 Å². The molecule has 1 atom stereocenters. The van der Waals surface area contributed by atoms with E-state index < -0.39 is 0 Å². The number of rotatable bonds is 7. The number of hydrogen-bond acceptors (Lipinski definition) is 2. The highest BCUT2D eigenvalue weighted by Crippen LogP contribution is 2.32. The van der Waals surface area contributed by atoms with Crippen LogP contribution in [0.2, 0.25) is 0 Å². The molecule has 0 aliphatic heterocycles. The van der Waals surface area contributed by atoms with Gasteiger partial charge in [-0.25, -0.2) is 0 Å². The second-order valence-corrected chi connectivity index (χ2v) is 5.53. The summed E-state index contributed by atoms with van der Waals surface area (Å²) in [5.41, 5.74) is 2.49. The minimum atomic E-state index is 0.397. The molecule has 2 rings (SSSR count). The molecular formula is C18H26N2. The van der Waals surface area contributed by atoms with Gasteiger partial charge in [0.25, 0.3) is 0 Å². The van der Waals surface area contributed by atoms with Gasteiger partial charge in [-0.3, -0.25) is 4.98 Å². The number of fused-ring (bicyclic) bond motifs is 1. The quantitative estimate of drug-likeness (QED) is 0.788.